The summed E-state index contributed by atoms with van der Waals surface area (Å²) in [5.74, 6) is -1.77. The third kappa shape index (κ3) is 2.09. The highest BCUT2D eigenvalue weighted by atomic mass is 16.6. The van der Waals surface area contributed by atoms with Crippen LogP contribution in [0, 0.1) is 22.2 Å². The number of aliphatic hydroxyl groups excluding tert-OH is 1. The maximum Gasteiger partial charge on any atom is 0.330 e. The number of aldehydes is 1. The fraction of sp³-hybridized carbons (Fsp3) is 0.667. The van der Waals surface area contributed by atoms with Crippen molar-refractivity contribution in [2.24, 2.45) is 22.2 Å². The Morgan fingerprint density at radius 1 is 1.39 bits per heavy atom. The number of unbranched alkanes of at least 4 members (excludes halogenated alkanes) is 1. The van der Waals surface area contributed by atoms with Gasteiger partial charge >= 0.3 is 11.9 Å². The summed E-state index contributed by atoms with van der Waals surface area (Å²) in [5.41, 5.74) is -4.43. The van der Waals surface area contributed by atoms with Crippen molar-refractivity contribution < 1.29 is 34.1 Å². The van der Waals surface area contributed by atoms with Gasteiger partial charge in [-0.25, -0.2) is 4.79 Å². The molecule has 3 aliphatic carbocycles. The third-order valence-electron chi connectivity index (χ3n) is 7.22. The van der Waals surface area contributed by atoms with E-state index in [1.807, 2.05) is 20.8 Å². The topological polar surface area (TPSA) is 110 Å². The molecule has 0 aromatic heterocycles. The van der Waals surface area contributed by atoms with Gasteiger partial charge in [-0.3, -0.25) is 9.59 Å². The largest absolute Gasteiger partial charge is 0.455 e. The number of carbonyl (C=O) groups is 3. The average molecular weight is 390 g/mol. The molecule has 7 nitrogen and oxygen atoms in total. The Morgan fingerprint density at radius 3 is 2.75 bits per heavy atom. The zero-order valence-electron chi connectivity index (χ0n) is 16.3. The maximum atomic E-state index is 12.7. The number of aliphatic hydroxyl groups is 2. The SMILES string of the molecule is CCC/C=C/C(=O)O[C@@H]1C(C)(C)C[C@@H]2[C@@]1(O)C=C(C=O)[C@@]13C[C@@]21C(=O)O[C@H]3O. The van der Waals surface area contributed by atoms with Crippen molar-refractivity contribution in [2.75, 3.05) is 0 Å². The number of allylic oxidation sites excluding steroid dienone is 1. The summed E-state index contributed by atoms with van der Waals surface area (Å²) in [6.07, 6.45) is 4.96. The van der Waals surface area contributed by atoms with E-state index in [-0.39, 0.29) is 12.0 Å². The standard InChI is InChI=1S/C21H26O7/c1-4-5-6-7-14(23)27-15-18(2,3)9-13-20-11-19(20,16(24)28-17(20)25)12(10-22)8-21(13,15)26/h6-8,10,13,15-16,24,26H,4-5,9,11H2,1-3H3/b7-6+/t13-,15+,16+,19+,20-,21-/m0/s1. The van der Waals surface area contributed by atoms with Gasteiger partial charge in [-0.15, -0.1) is 0 Å². The second kappa shape index (κ2) is 5.76. The van der Waals surface area contributed by atoms with E-state index in [9.17, 15) is 24.6 Å². The van der Waals surface area contributed by atoms with Crippen molar-refractivity contribution in [3.05, 3.63) is 23.8 Å². The number of carbonyl (C=O) groups excluding carboxylic acids is 3. The summed E-state index contributed by atoms with van der Waals surface area (Å²) in [6.45, 7) is 5.72. The minimum atomic E-state index is -1.68. The molecule has 1 aliphatic heterocycles. The van der Waals surface area contributed by atoms with Gasteiger partial charge in [-0.1, -0.05) is 33.3 Å². The number of hydrogen-bond acceptors (Lipinski definition) is 7. The highest BCUT2D eigenvalue weighted by molar-refractivity contribution is 5.94. The van der Waals surface area contributed by atoms with Crippen molar-refractivity contribution in [2.45, 2.75) is 64.4 Å². The summed E-state index contributed by atoms with van der Waals surface area (Å²) in [7, 11) is 0. The molecule has 4 rings (SSSR count). The second-order valence-electron chi connectivity index (χ2n) is 9.24. The van der Waals surface area contributed by atoms with E-state index in [0.29, 0.717) is 12.7 Å². The van der Waals surface area contributed by atoms with Gasteiger partial charge in [-0.05, 0) is 25.3 Å². The van der Waals surface area contributed by atoms with Crippen LogP contribution in [0.2, 0.25) is 0 Å². The predicted molar refractivity (Wildman–Crippen MR) is 96.5 cm³/mol. The van der Waals surface area contributed by atoms with Gasteiger partial charge in [0.05, 0.1) is 10.8 Å². The first-order valence-electron chi connectivity index (χ1n) is 9.77. The van der Waals surface area contributed by atoms with Crippen LogP contribution >= 0.6 is 0 Å². The van der Waals surface area contributed by atoms with E-state index in [2.05, 4.69) is 0 Å². The van der Waals surface area contributed by atoms with Crippen molar-refractivity contribution >= 4 is 18.2 Å². The smallest absolute Gasteiger partial charge is 0.330 e. The number of esters is 2. The van der Waals surface area contributed by atoms with Crippen molar-refractivity contribution in [3.8, 4) is 0 Å². The van der Waals surface area contributed by atoms with Crippen LogP contribution in [-0.4, -0.2) is 46.4 Å². The molecule has 1 heterocycles. The van der Waals surface area contributed by atoms with Gasteiger partial charge in [0.1, 0.15) is 18.0 Å². The van der Waals surface area contributed by atoms with E-state index < -0.39 is 52.1 Å². The molecule has 6 atom stereocenters. The molecule has 0 aromatic carbocycles. The minimum Gasteiger partial charge on any atom is -0.455 e. The summed E-state index contributed by atoms with van der Waals surface area (Å²) < 4.78 is 10.7. The Hall–Kier alpha value is -1.99. The Kier molecular flexibility index (Phi) is 3.98. The number of rotatable bonds is 5. The summed E-state index contributed by atoms with van der Waals surface area (Å²) in [5, 5.41) is 22.0. The molecule has 0 spiro atoms. The lowest BCUT2D eigenvalue weighted by atomic mass is 9.66. The number of fused-ring (bicyclic) bond motifs is 1. The van der Waals surface area contributed by atoms with Crippen LogP contribution in [0.1, 0.15) is 46.5 Å². The van der Waals surface area contributed by atoms with E-state index in [1.54, 1.807) is 6.08 Å². The lowest BCUT2D eigenvalue weighted by Gasteiger charge is -2.40. The molecule has 0 bridgehead atoms. The molecule has 7 heteroatoms. The van der Waals surface area contributed by atoms with Gasteiger partial charge < -0.3 is 19.7 Å². The van der Waals surface area contributed by atoms with Crippen LogP contribution in [-0.2, 0) is 23.9 Å². The molecule has 0 amide bonds. The van der Waals surface area contributed by atoms with E-state index in [0.717, 1.165) is 12.8 Å². The van der Waals surface area contributed by atoms with Crippen LogP contribution < -0.4 is 0 Å². The van der Waals surface area contributed by atoms with Crippen molar-refractivity contribution in [1.82, 2.24) is 0 Å². The van der Waals surface area contributed by atoms with Crippen LogP contribution in [0.15, 0.2) is 23.8 Å². The normalized spacial score (nSPS) is 45.0. The predicted octanol–water partition coefficient (Wildman–Crippen LogP) is 1.42. The second-order valence-corrected chi connectivity index (χ2v) is 9.24. The molecular weight excluding hydrogens is 364 g/mol. The van der Waals surface area contributed by atoms with Gasteiger partial charge in [0.25, 0.3) is 0 Å². The molecule has 1 saturated heterocycles. The fourth-order valence-electron chi connectivity index (χ4n) is 5.97. The van der Waals surface area contributed by atoms with Crippen LogP contribution in [0.3, 0.4) is 0 Å². The first-order valence-corrected chi connectivity index (χ1v) is 9.77. The Labute approximate surface area is 163 Å². The van der Waals surface area contributed by atoms with Gasteiger partial charge in [0.2, 0.25) is 6.29 Å². The van der Waals surface area contributed by atoms with Gasteiger partial charge in [0.15, 0.2) is 0 Å². The monoisotopic (exact) mass is 390 g/mol. The van der Waals surface area contributed by atoms with E-state index in [4.69, 9.17) is 9.47 Å². The lowest BCUT2D eigenvalue weighted by Crippen LogP contribution is -2.53. The fourth-order valence-corrected chi connectivity index (χ4v) is 5.97. The van der Waals surface area contributed by atoms with E-state index >= 15 is 0 Å². The molecule has 152 valence electrons. The van der Waals surface area contributed by atoms with Crippen LogP contribution in [0.5, 0.6) is 0 Å². The highest BCUT2D eigenvalue weighted by Gasteiger charge is 2.90. The number of ether oxygens (including phenoxy) is 2. The Balaban J connectivity index is 1.75. The summed E-state index contributed by atoms with van der Waals surface area (Å²) >= 11 is 0. The molecule has 28 heavy (non-hydrogen) atoms. The first kappa shape index (κ1) is 19.3. The van der Waals surface area contributed by atoms with Crippen molar-refractivity contribution in [1.29, 1.82) is 0 Å². The van der Waals surface area contributed by atoms with Crippen LogP contribution in [0.25, 0.3) is 0 Å². The molecule has 4 aliphatic rings. The maximum absolute atomic E-state index is 12.7. The van der Waals surface area contributed by atoms with Crippen LogP contribution in [0.4, 0.5) is 0 Å². The quantitative estimate of drug-likeness (QED) is 0.415. The van der Waals surface area contributed by atoms with Gasteiger partial charge in [-0.2, -0.15) is 0 Å². The molecule has 0 aromatic rings. The Bertz CT molecular complexity index is 812. The van der Waals surface area contributed by atoms with E-state index in [1.165, 1.54) is 12.2 Å². The Morgan fingerprint density at radius 2 is 2.11 bits per heavy atom. The lowest BCUT2D eigenvalue weighted by molar-refractivity contribution is -0.169. The number of cyclic esters (lactones) is 1. The van der Waals surface area contributed by atoms with Crippen molar-refractivity contribution in [3.63, 3.8) is 0 Å². The average Bonchev–Trinajstić information content (AvgIpc) is 3.24. The zero-order chi connectivity index (χ0) is 20.5. The summed E-state index contributed by atoms with van der Waals surface area (Å²) in [6, 6.07) is 0. The molecule has 2 N–H and O–H groups in total. The highest BCUT2D eigenvalue weighted by Crippen LogP contribution is 2.82. The van der Waals surface area contributed by atoms with Gasteiger partial charge in [0, 0.05) is 23.0 Å². The molecule has 3 fully saturated rings. The molecule has 2 saturated carbocycles. The molecule has 0 unspecified atom stereocenters. The molecule has 0 radical (unpaired) electrons. The summed E-state index contributed by atoms with van der Waals surface area (Å²) in [4.78, 5) is 36.8. The molecular formula is C21H26O7. The number of hydrogen-bond donors (Lipinski definition) is 2. The minimum absolute atomic E-state index is 0.143. The first-order chi connectivity index (χ1) is 13.1. The third-order valence-corrected chi connectivity index (χ3v) is 7.22. The zero-order valence-corrected chi connectivity index (χ0v) is 16.3.